The van der Waals surface area contributed by atoms with Crippen molar-refractivity contribution >= 4 is 33.4 Å². The molecule has 0 saturated carbocycles. The van der Waals surface area contributed by atoms with Gasteiger partial charge in [-0.3, -0.25) is 9.59 Å². The first-order valence-corrected chi connectivity index (χ1v) is 11.5. The van der Waals surface area contributed by atoms with Crippen LogP contribution in [0.3, 0.4) is 0 Å². The fraction of sp³-hybridized carbons (Fsp3) is 0.875. The van der Waals surface area contributed by atoms with Gasteiger partial charge in [-0.15, -0.1) is 11.8 Å². The second-order valence-corrected chi connectivity index (χ2v) is 10.9. The Kier molecular flexibility index (Phi) is 4.90. The number of amides is 2. The molecule has 0 N–H and O–H groups in total. The number of unbranched alkanes of at least 4 members (excludes halogenated alkanes) is 1. The van der Waals surface area contributed by atoms with Gasteiger partial charge in [0.05, 0.1) is 16.4 Å². The Morgan fingerprint density at radius 3 is 2.83 bits per heavy atom. The van der Waals surface area contributed by atoms with Crippen molar-refractivity contribution < 1.29 is 18.0 Å². The van der Waals surface area contributed by atoms with Crippen LogP contribution in [-0.2, 0) is 19.4 Å². The van der Waals surface area contributed by atoms with E-state index in [9.17, 15) is 18.0 Å². The maximum atomic E-state index is 13.2. The first kappa shape index (κ1) is 18.0. The Morgan fingerprint density at radius 2 is 2.21 bits per heavy atom. The van der Waals surface area contributed by atoms with Gasteiger partial charge in [0, 0.05) is 24.8 Å². The molecule has 0 radical (unpaired) electrons. The Balaban J connectivity index is 1.80. The minimum Gasteiger partial charge on any atom is -0.337 e. The number of fused-ring (bicyclic) bond motifs is 1. The number of hydrogen-bond acceptors (Lipinski definition) is 5. The van der Waals surface area contributed by atoms with Crippen LogP contribution in [0.1, 0.15) is 46.0 Å². The van der Waals surface area contributed by atoms with E-state index >= 15 is 0 Å². The highest BCUT2D eigenvalue weighted by Crippen LogP contribution is 2.47. The molecule has 3 unspecified atom stereocenters. The lowest BCUT2D eigenvalue weighted by Gasteiger charge is -2.35. The van der Waals surface area contributed by atoms with Crippen LogP contribution in [-0.4, -0.2) is 70.8 Å². The monoisotopic (exact) mass is 374 g/mol. The number of rotatable bonds is 5. The maximum Gasteiger partial charge on any atom is 0.246 e. The van der Waals surface area contributed by atoms with Crippen molar-refractivity contribution in [3.05, 3.63) is 0 Å². The molecule has 3 heterocycles. The molecule has 8 heteroatoms. The van der Waals surface area contributed by atoms with Gasteiger partial charge >= 0.3 is 0 Å². The Hall–Kier alpha value is -0.760. The first-order valence-electron chi connectivity index (χ1n) is 8.74. The number of nitrogens with zero attached hydrogens (tertiary/aromatic N) is 2. The van der Waals surface area contributed by atoms with Crippen LogP contribution >= 0.6 is 11.8 Å². The molecular weight excluding hydrogens is 348 g/mol. The lowest BCUT2D eigenvalue weighted by atomic mass is 10.1. The van der Waals surface area contributed by atoms with Gasteiger partial charge in [-0.1, -0.05) is 13.3 Å². The zero-order chi connectivity index (χ0) is 17.5. The van der Waals surface area contributed by atoms with Gasteiger partial charge in [0.15, 0.2) is 9.84 Å². The summed E-state index contributed by atoms with van der Waals surface area (Å²) >= 11 is 1.68. The van der Waals surface area contributed by atoms with E-state index in [2.05, 4.69) is 6.92 Å². The third-order valence-corrected chi connectivity index (χ3v) is 8.67. The van der Waals surface area contributed by atoms with Crippen molar-refractivity contribution in [2.45, 2.75) is 62.9 Å². The average Bonchev–Trinajstić information content (AvgIpc) is 3.13. The summed E-state index contributed by atoms with van der Waals surface area (Å²) < 4.78 is 23.7. The number of thioether (sulfide) groups is 1. The normalized spacial score (nSPS) is 34.6. The molecule has 0 spiro atoms. The zero-order valence-corrected chi connectivity index (χ0v) is 16.0. The van der Waals surface area contributed by atoms with Crippen LogP contribution in [0.25, 0.3) is 0 Å². The second-order valence-electron chi connectivity index (χ2n) is 7.21. The lowest BCUT2D eigenvalue weighted by Crippen LogP contribution is -2.54. The molecule has 6 nitrogen and oxygen atoms in total. The topological polar surface area (TPSA) is 74.8 Å². The largest absolute Gasteiger partial charge is 0.337 e. The van der Waals surface area contributed by atoms with Crippen LogP contribution in [0.5, 0.6) is 0 Å². The molecule has 3 saturated heterocycles. The molecule has 3 rings (SSSR count). The molecular formula is C16H26N2O4S2. The van der Waals surface area contributed by atoms with Crippen molar-refractivity contribution in [2.24, 2.45) is 0 Å². The van der Waals surface area contributed by atoms with Crippen molar-refractivity contribution in [3.63, 3.8) is 0 Å². The summed E-state index contributed by atoms with van der Waals surface area (Å²) in [6, 6.07) is -0.668. The van der Waals surface area contributed by atoms with Crippen LogP contribution < -0.4 is 0 Å². The van der Waals surface area contributed by atoms with E-state index in [1.54, 1.807) is 21.6 Å². The SMILES string of the molecule is CCCCN(C(=O)C1CSC2(C)CCC(=O)N12)C1CCS(=O)(=O)C1. The van der Waals surface area contributed by atoms with Gasteiger partial charge in [0.1, 0.15) is 6.04 Å². The van der Waals surface area contributed by atoms with Crippen LogP contribution in [0.15, 0.2) is 0 Å². The van der Waals surface area contributed by atoms with Gasteiger partial charge < -0.3 is 9.80 Å². The zero-order valence-electron chi connectivity index (χ0n) is 14.4. The van der Waals surface area contributed by atoms with E-state index in [0.717, 1.165) is 19.3 Å². The summed E-state index contributed by atoms with van der Waals surface area (Å²) in [6.07, 6.45) is 3.60. The number of carbonyl (C=O) groups is 2. The summed E-state index contributed by atoms with van der Waals surface area (Å²) in [6.45, 7) is 4.67. The first-order chi connectivity index (χ1) is 11.3. The predicted molar refractivity (Wildman–Crippen MR) is 94.4 cm³/mol. The van der Waals surface area contributed by atoms with Gasteiger partial charge in [-0.05, 0) is 26.2 Å². The molecule has 136 valence electrons. The van der Waals surface area contributed by atoms with E-state index in [4.69, 9.17) is 0 Å². The quantitative estimate of drug-likeness (QED) is 0.724. The summed E-state index contributed by atoms with van der Waals surface area (Å²) in [5, 5.41) is 0. The van der Waals surface area contributed by atoms with Crippen LogP contribution in [0.4, 0.5) is 0 Å². The molecule has 3 aliphatic heterocycles. The fourth-order valence-corrected chi connectivity index (χ4v) is 7.17. The molecule has 0 aromatic heterocycles. The maximum absolute atomic E-state index is 13.2. The smallest absolute Gasteiger partial charge is 0.246 e. The predicted octanol–water partition coefficient (Wildman–Crippen LogP) is 1.26. The Morgan fingerprint density at radius 1 is 1.46 bits per heavy atom. The summed E-state index contributed by atoms with van der Waals surface area (Å²) in [4.78, 5) is 28.7. The highest BCUT2D eigenvalue weighted by atomic mass is 32.2. The van der Waals surface area contributed by atoms with Crippen molar-refractivity contribution in [2.75, 3.05) is 23.8 Å². The van der Waals surface area contributed by atoms with Crippen LogP contribution in [0, 0.1) is 0 Å². The highest BCUT2D eigenvalue weighted by Gasteiger charge is 2.54. The molecule has 3 fully saturated rings. The van der Waals surface area contributed by atoms with E-state index in [-0.39, 0.29) is 34.2 Å². The summed E-state index contributed by atoms with van der Waals surface area (Å²) in [7, 11) is -3.04. The standard InChI is InChI=1S/C16H26N2O4S2/c1-3-4-8-17(12-6-9-24(21,22)11-12)15(20)13-10-23-16(2)7-5-14(19)18(13)16/h12-13H,3-11H2,1-2H3. The average molecular weight is 375 g/mol. The van der Waals surface area contributed by atoms with Crippen molar-refractivity contribution in [3.8, 4) is 0 Å². The summed E-state index contributed by atoms with van der Waals surface area (Å²) in [5.74, 6) is 0.830. The number of hydrogen-bond donors (Lipinski definition) is 0. The molecule has 3 atom stereocenters. The Labute approximate surface area is 148 Å². The van der Waals surface area contributed by atoms with E-state index in [0.29, 0.717) is 25.1 Å². The van der Waals surface area contributed by atoms with Crippen LogP contribution in [0.2, 0.25) is 0 Å². The molecule has 0 aliphatic carbocycles. The van der Waals surface area contributed by atoms with Gasteiger partial charge in [-0.2, -0.15) is 0 Å². The molecule has 0 bridgehead atoms. The molecule has 3 aliphatic rings. The lowest BCUT2D eigenvalue weighted by molar-refractivity contribution is -0.145. The highest BCUT2D eigenvalue weighted by molar-refractivity contribution is 8.01. The Bertz CT molecular complexity index is 636. The van der Waals surface area contributed by atoms with Crippen molar-refractivity contribution in [1.29, 1.82) is 0 Å². The molecule has 0 aromatic rings. The number of carbonyl (C=O) groups excluding carboxylic acids is 2. The number of sulfone groups is 1. The molecule has 24 heavy (non-hydrogen) atoms. The van der Waals surface area contributed by atoms with Gasteiger partial charge in [0.2, 0.25) is 11.8 Å². The molecule has 2 amide bonds. The minimum absolute atomic E-state index is 0.0512. The third-order valence-electron chi connectivity index (χ3n) is 5.41. The second kappa shape index (κ2) is 6.52. The fourth-order valence-electron chi connectivity index (χ4n) is 4.02. The summed E-state index contributed by atoms with van der Waals surface area (Å²) in [5.41, 5.74) is 0. The van der Waals surface area contributed by atoms with Gasteiger partial charge in [-0.25, -0.2) is 8.42 Å². The molecule has 0 aromatic carbocycles. The third kappa shape index (κ3) is 3.19. The van der Waals surface area contributed by atoms with Gasteiger partial charge in [0.25, 0.3) is 0 Å². The van der Waals surface area contributed by atoms with Crippen molar-refractivity contribution in [1.82, 2.24) is 9.80 Å². The van der Waals surface area contributed by atoms with E-state index < -0.39 is 15.9 Å². The minimum atomic E-state index is -3.04. The van der Waals surface area contributed by atoms with E-state index in [1.807, 2.05) is 6.92 Å². The van der Waals surface area contributed by atoms with E-state index in [1.165, 1.54) is 0 Å².